The molecule has 0 N–H and O–H groups in total. The minimum Gasteiger partial charge on any atom is -0.480 e. The van der Waals surface area contributed by atoms with Crippen LogP contribution in [0.25, 0.3) is 16.8 Å². The third-order valence-corrected chi connectivity index (χ3v) is 4.79. The molecule has 0 amide bonds. The molecule has 0 saturated carbocycles. The Hall–Kier alpha value is -4.60. The van der Waals surface area contributed by atoms with Crippen molar-refractivity contribution < 1.29 is 14.3 Å². The Balaban J connectivity index is 2.13. The lowest BCUT2D eigenvalue weighted by Gasteiger charge is -2.20. The molecule has 0 unspecified atom stereocenters. The van der Waals surface area contributed by atoms with Crippen LogP contribution in [0.2, 0.25) is 0 Å². The van der Waals surface area contributed by atoms with E-state index < -0.39 is 11.6 Å². The summed E-state index contributed by atoms with van der Waals surface area (Å²) in [6, 6.07) is 16.5. The van der Waals surface area contributed by atoms with E-state index in [4.69, 9.17) is 9.47 Å². The highest BCUT2D eigenvalue weighted by Crippen LogP contribution is 2.40. The first-order valence-corrected chi connectivity index (χ1v) is 9.29. The summed E-state index contributed by atoms with van der Waals surface area (Å²) < 4.78 is 11.1. The SMILES string of the molecule is C=CC(=O)Oc1ccc(/C=C/C2=C(C#N)C(=C(C#N)C#N)OC2(C)C)c2ccccc12. The molecule has 0 atom stereocenters. The molecule has 6 heteroatoms. The highest BCUT2D eigenvalue weighted by atomic mass is 16.5. The van der Waals surface area contributed by atoms with Gasteiger partial charge >= 0.3 is 5.97 Å². The minimum atomic E-state index is -0.898. The lowest BCUT2D eigenvalue weighted by Crippen LogP contribution is -2.20. The maximum atomic E-state index is 11.6. The van der Waals surface area contributed by atoms with Crippen molar-refractivity contribution in [2.45, 2.75) is 19.4 Å². The Labute approximate surface area is 179 Å². The molecule has 0 aromatic heterocycles. The number of allylic oxidation sites excluding steroid dienone is 2. The predicted octanol–water partition coefficient (Wildman–Crippen LogP) is 4.87. The second-order valence-electron chi connectivity index (χ2n) is 7.10. The number of benzene rings is 2. The average molecular weight is 407 g/mol. The van der Waals surface area contributed by atoms with Gasteiger partial charge in [0.25, 0.3) is 0 Å². The van der Waals surface area contributed by atoms with Crippen LogP contribution in [0, 0.1) is 34.0 Å². The number of carbonyl (C=O) groups is 1. The van der Waals surface area contributed by atoms with E-state index in [1.807, 2.05) is 30.3 Å². The third-order valence-electron chi connectivity index (χ3n) is 4.79. The van der Waals surface area contributed by atoms with Crippen molar-refractivity contribution in [3.8, 4) is 24.0 Å². The molecule has 1 heterocycles. The summed E-state index contributed by atoms with van der Waals surface area (Å²) in [5.41, 5.74) is 0.393. The number of esters is 1. The molecule has 1 aliphatic rings. The van der Waals surface area contributed by atoms with Gasteiger partial charge in [0, 0.05) is 17.0 Å². The smallest absolute Gasteiger partial charge is 0.335 e. The van der Waals surface area contributed by atoms with Gasteiger partial charge in [0.1, 0.15) is 35.1 Å². The van der Waals surface area contributed by atoms with E-state index in [1.54, 1.807) is 44.2 Å². The van der Waals surface area contributed by atoms with Gasteiger partial charge in [-0.05, 0) is 30.9 Å². The van der Waals surface area contributed by atoms with Gasteiger partial charge in [-0.15, -0.1) is 0 Å². The normalized spacial score (nSPS) is 14.5. The Bertz CT molecular complexity index is 1310. The lowest BCUT2D eigenvalue weighted by molar-refractivity contribution is -0.128. The molecular formula is C25H17N3O3. The summed E-state index contributed by atoms with van der Waals surface area (Å²) in [5, 5.41) is 29.6. The largest absolute Gasteiger partial charge is 0.480 e. The van der Waals surface area contributed by atoms with E-state index in [0.29, 0.717) is 11.3 Å². The molecule has 2 aromatic rings. The molecule has 150 valence electrons. The van der Waals surface area contributed by atoms with Gasteiger partial charge in [0.2, 0.25) is 0 Å². The molecule has 0 fully saturated rings. The van der Waals surface area contributed by atoms with Crippen molar-refractivity contribution in [2.24, 2.45) is 0 Å². The van der Waals surface area contributed by atoms with Crippen molar-refractivity contribution in [1.29, 1.82) is 15.8 Å². The Kier molecular flexibility index (Phi) is 5.73. The van der Waals surface area contributed by atoms with Crippen LogP contribution >= 0.6 is 0 Å². The molecule has 0 spiro atoms. The second-order valence-corrected chi connectivity index (χ2v) is 7.10. The summed E-state index contributed by atoms with van der Waals surface area (Å²) in [5.74, 6) is -0.141. The molecule has 6 nitrogen and oxygen atoms in total. The Morgan fingerprint density at radius 1 is 1.06 bits per heavy atom. The standard InChI is InChI=1S/C25H17N3O3/c1-4-23(29)30-22-12-10-16(18-7-5-6-8-19(18)22)9-11-21-20(15-28)24(17(13-26)14-27)31-25(21,2)3/h4-12H,1H2,2-3H3/b11-9+. The maximum absolute atomic E-state index is 11.6. The molecule has 31 heavy (non-hydrogen) atoms. The molecule has 1 aliphatic heterocycles. The number of nitrogens with zero attached hydrogens (tertiary/aromatic N) is 3. The monoisotopic (exact) mass is 407 g/mol. The topological polar surface area (TPSA) is 107 Å². The van der Waals surface area contributed by atoms with Crippen molar-refractivity contribution in [2.75, 3.05) is 0 Å². The van der Waals surface area contributed by atoms with Crippen LogP contribution in [0.1, 0.15) is 19.4 Å². The van der Waals surface area contributed by atoms with E-state index in [9.17, 15) is 20.6 Å². The van der Waals surface area contributed by atoms with Crippen LogP contribution in [0.3, 0.4) is 0 Å². The fourth-order valence-electron chi connectivity index (χ4n) is 3.33. The molecule has 0 bridgehead atoms. The zero-order chi connectivity index (χ0) is 22.6. The number of hydrogen-bond donors (Lipinski definition) is 0. The van der Waals surface area contributed by atoms with Crippen LogP contribution in [0.4, 0.5) is 0 Å². The number of carbonyl (C=O) groups excluding carboxylic acids is 1. The van der Waals surface area contributed by atoms with Gasteiger partial charge in [-0.3, -0.25) is 0 Å². The number of rotatable bonds is 4. The fourth-order valence-corrected chi connectivity index (χ4v) is 3.33. The number of ether oxygens (including phenoxy) is 2. The molecular weight excluding hydrogens is 390 g/mol. The maximum Gasteiger partial charge on any atom is 0.335 e. The third kappa shape index (κ3) is 3.94. The van der Waals surface area contributed by atoms with E-state index in [2.05, 4.69) is 12.6 Å². The highest BCUT2D eigenvalue weighted by Gasteiger charge is 2.38. The molecule has 0 saturated heterocycles. The van der Waals surface area contributed by atoms with Crippen molar-refractivity contribution in [3.05, 3.63) is 83.2 Å². The van der Waals surface area contributed by atoms with Gasteiger partial charge in [-0.2, -0.15) is 15.8 Å². The van der Waals surface area contributed by atoms with Crippen molar-refractivity contribution in [1.82, 2.24) is 0 Å². The van der Waals surface area contributed by atoms with E-state index >= 15 is 0 Å². The first-order valence-electron chi connectivity index (χ1n) is 9.29. The fraction of sp³-hybridized carbons (Fsp3) is 0.120. The zero-order valence-electron chi connectivity index (χ0n) is 17.0. The number of nitriles is 3. The summed E-state index contributed by atoms with van der Waals surface area (Å²) in [4.78, 5) is 11.6. The summed E-state index contributed by atoms with van der Waals surface area (Å²) in [6.45, 7) is 6.94. The van der Waals surface area contributed by atoms with Crippen molar-refractivity contribution in [3.63, 3.8) is 0 Å². The Morgan fingerprint density at radius 3 is 2.35 bits per heavy atom. The molecule has 3 rings (SSSR count). The summed E-state index contributed by atoms with van der Waals surface area (Å²) in [6.07, 6.45) is 4.66. The van der Waals surface area contributed by atoms with Crippen LogP contribution in [0.15, 0.2) is 77.6 Å². The quantitative estimate of drug-likeness (QED) is 0.310. The Morgan fingerprint density at radius 2 is 1.74 bits per heavy atom. The number of fused-ring (bicyclic) bond motifs is 1. The van der Waals surface area contributed by atoms with Crippen LogP contribution in [0.5, 0.6) is 5.75 Å². The molecule has 0 aliphatic carbocycles. The lowest BCUT2D eigenvalue weighted by atomic mass is 9.93. The molecule has 2 aromatic carbocycles. The minimum absolute atomic E-state index is 0.00584. The van der Waals surface area contributed by atoms with Gasteiger partial charge in [-0.1, -0.05) is 49.1 Å². The van der Waals surface area contributed by atoms with Crippen LogP contribution in [-0.2, 0) is 9.53 Å². The van der Waals surface area contributed by atoms with E-state index in [0.717, 1.165) is 22.4 Å². The first kappa shape index (κ1) is 21.1. The van der Waals surface area contributed by atoms with Gasteiger partial charge in [-0.25, -0.2) is 4.79 Å². The van der Waals surface area contributed by atoms with Crippen molar-refractivity contribution >= 4 is 22.8 Å². The van der Waals surface area contributed by atoms with Gasteiger partial charge in [0.15, 0.2) is 11.3 Å². The van der Waals surface area contributed by atoms with E-state index in [1.165, 1.54) is 0 Å². The highest BCUT2D eigenvalue weighted by molar-refractivity contribution is 5.97. The second kappa shape index (κ2) is 8.41. The van der Waals surface area contributed by atoms with Crippen LogP contribution in [-0.4, -0.2) is 11.6 Å². The van der Waals surface area contributed by atoms with Crippen LogP contribution < -0.4 is 4.74 Å². The molecule has 0 radical (unpaired) electrons. The van der Waals surface area contributed by atoms with E-state index in [-0.39, 0.29) is 16.9 Å². The first-order chi connectivity index (χ1) is 14.9. The zero-order valence-corrected chi connectivity index (χ0v) is 17.0. The summed E-state index contributed by atoms with van der Waals surface area (Å²) >= 11 is 0. The average Bonchev–Trinajstić information content (AvgIpc) is 3.03. The van der Waals surface area contributed by atoms with Gasteiger partial charge < -0.3 is 9.47 Å². The number of hydrogen-bond acceptors (Lipinski definition) is 6. The predicted molar refractivity (Wildman–Crippen MR) is 115 cm³/mol. The van der Waals surface area contributed by atoms with Gasteiger partial charge in [0.05, 0.1) is 0 Å². The summed E-state index contributed by atoms with van der Waals surface area (Å²) in [7, 11) is 0.